The molecule has 0 saturated carbocycles. The van der Waals surface area contributed by atoms with Gasteiger partial charge in [0.25, 0.3) is 5.91 Å². The molecule has 2 aromatic rings. The number of rotatable bonds is 4. The number of sulfonamides is 1. The molecule has 0 spiro atoms. The van der Waals surface area contributed by atoms with Crippen LogP contribution in [0.1, 0.15) is 22.8 Å². The van der Waals surface area contributed by atoms with Crippen molar-refractivity contribution in [2.45, 2.75) is 24.3 Å². The Kier molecular flexibility index (Phi) is 5.23. The van der Waals surface area contributed by atoms with Gasteiger partial charge in [0.05, 0.1) is 10.5 Å². The zero-order valence-corrected chi connectivity index (χ0v) is 16.0. The average molecular weight is 409 g/mol. The highest BCUT2D eigenvalue weighted by molar-refractivity contribution is 7.89. The van der Waals surface area contributed by atoms with Crippen molar-refractivity contribution < 1.29 is 22.7 Å². The molecular formula is C18H17ClN2O5S. The number of anilines is 1. The van der Waals surface area contributed by atoms with E-state index in [0.29, 0.717) is 28.3 Å². The quantitative estimate of drug-likeness (QED) is 0.780. The number of hydrogen-bond acceptors (Lipinski definition) is 5. The summed E-state index contributed by atoms with van der Waals surface area (Å²) in [6, 6.07) is 10.3. The molecule has 0 radical (unpaired) electrons. The number of benzene rings is 2. The van der Waals surface area contributed by atoms with Crippen molar-refractivity contribution in [3.63, 3.8) is 0 Å². The Bertz CT molecular complexity index is 1000. The zero-order valence-electron chi connectivity index (χ0n) is 14.4. The maximum Gasteiger partial charge on any atom is 0.338 e. The lowest BCUT2D eigenvalue weighted by Gasteiger charge is -2.22. The van der Waals surface area contributed by atoms with Crippen molar-refractivity contribution in [2.24, 2.45) is 5.14 Å². The van der Waals surface area contributed by atoms with Gasteiger partial charge in [0.1, 0.15) is 0 Å². The summed E-state index contributed by atoms with van der Waals surface area (Å²) in [6.07, 6.45) is 0.482. The Morgan fingerprint density at radius 1 is 1.22 bits per heavy atom. The summed E-state index contributed by atoms with van der Waals surface area (Å²) in [4.78, 5) is 26.1. The number of ether oxygens (including phenoxy) is 1. The first-order valence-electron chi connectivity index (χ1n) is 8.07. The third-order valence-electron chi connectivity index (χ3n) is 4.27. The number of nitrogens with two attached hydrogens (primary N) is 1. The van der Waals surface area contributed by atoms with Crippen molar-refractivity contribution in [3.8, 4) is 0 Å². The van der Waals surface area contributed by atoms with E-state index in [1.165, 1.54) is 35.2 Å². The van der Waals surface area contributed by atoms with E-state index in [0.717, 1.165) is 0 Å². The van der Waals surface area contributed by atoms with Gasteiger partial charge in [0, 0.05) is 16.8 Å². The number of hydrogen-bond donors (Lipinski definition) is 1. The van der Waals surface area contributed by atoms with E-state index < -0.39 is 28.5 Å². The molecule has 0 aromatic heterocycles. The molecule has 1 amide bonds. The van der Waals surface area contributed by atoms with Crippen molar-refractivity contribution in [1.82, 2.24) is 0 Å². The van der Waals surface area contributed by atoms with E-state index in [2.05, 4.69) is 0 Å². The van der Waals surface area contributed by atoms with Gasteiger partial charge in [-0.25, -0.2) is 18.4 Å². The highest BCUT2D eigenvalue weighted by Gasteiger charge is 2.32. The van der Waals surface area contributed by atoms with Crippen LogP contribution >= 0.6 is 11.6 Å². The van der Waals surface area contributed by atoms with Crippen LogP contribution in [-0.2, 0) is 26.0 Å². The van der Waals surface area contributed by atoms with E-state index in [4.69, 9.17) is 21.5 Å². The van der Waals surface area contributed by atoms with Gasteiger partial charge in [-0.1, -0.05) is 11.6 Å². The Balaban J connectivity index is 1.72. The third-order valence-corrected chi connectivity index (χ3v) is 5.43. The molecule has 2 aromatic carbocycles. The summed E-state index contributed by atoms with van der Waals surface area (Å²) in [5.74, 6) is -1.02. The molecule has 27 heavy (non-hydrogen) atoms. The van der Waals surface area contributed by atoms with Crippen molar-refractivity contribution >= 4 is 39.2 Å². The highest BCUT2D eigenvalue weighted by atomic mass is 35.5. The normalized spacial score (nSPS) is 16.1. The van der Waals surface area contributed by atoms with E-state index in [9.17, 15) is 18.0 Å². The molecule has 0 saturated heterocycles. The van der Waals surface area contributed by atoms with Gasteiger partial charge in [-0.05, 0) is 61.4 Å². The van der Waals surface area contributed by atoms with Crippen LogP contribution < -0.4 is 10.0 Å². The maximum atomic E-state index is 12.6. The minimum absolute atomic E-state index is 0.00286. The van der Waals surface area contributed by atoms with Crippen LogP contribution in [0.4, 0.5) is 5.69 Å². The fourth-order valence-electron chi connectivity index (χ4n) is 3.03. The second-order valence-corrected chi connectivity index (χ2v) is 8.23. The van der Waals surface area contributed by atoms with Crippen molar-refractivity contribution in [3.05, 3.63) is 58.6 Å². The number of halogens is 1. The third kappa shape index (κ3) is 4.13. The van der Waals surface area contributed by atoms with Gasteiger partial charge in [-0.2, -0.15) is 0 Å². The van der Waals surface area contributed by atoms with Crippen LogP contribution in [0.2, 0.25) is 5.02 Å². The minimum atomic E-state index is -3.82. The Morgan fingerprint density at radius 3 is 2.52 bits per heavy atom. The van der Waals surface area contributed by atoms with Crippen LogP contribution in [0.25, 0.3) is 0 Å². The molecule has 0 fully saturated rings. The lowest BCUT2D eigenvalue weighted by molar-refractivity contribution is -0.122. The number of carbonyl (C=O) groups excluding carboxylic acids is 2. The molecular weight excluding hydrogens is 392 g/mol. The number of amides is 1. The van der Waals surface area contributed by atoms with Crippen LogP contribution in [0.3, 0.4) is 0 Å². The first-order chi connectivity index (χ1) is 12.7. The predicted molar refractivity (Wildman–Crippen MR) is 100 cm³/mol. The average Bonchev–Trinajstić information content (AvgIpc) is 2.94. The fourth-order valence-corrected chi connectivity index (χ4v) is 3.72. The molecule has 1 heterocycles. The van der Waals surface area contributed by atoms with Gasteiger partial charge in [-0.15, -0.1) is 0 Å². The lowest BCUT2D eigenvalue weighted by atomic mass is 10.1. The molecule has 3 rings (SSSR count). The number of primary sulfonamides is 1. The summed E-state index contributed by atoms with van der Waals surface area (Å²) in [6.45, 7) is 1.40. The molecule has 9 heteroatoms. The van der Waals surface area contributed by atoms with E-state index >= 15 is 0 Å². The van der Waals surface area contributed by atoms with Crippen LogP contribution in [-0.4, -0.2) is 32.9 Å². The highest BCUT2D eigenvalue weighted by Crippen LogP contribution is 2.33. The second-order valence-electron chi connectivity index (χ2n) is 6.24. The minimum Gasteiger partial charge on any atom is -0.452 e. The topological polar surface area (TPSA) is 107 Å². The molecule has 0 bridgehead atoms. The Labute approximate surface area is 161 Å². The number of esters is 1. The molecule has 1 aliphatic heterocycles. The van der Waals surface area contributed by atoms with Crippen LogP contribution in [0.5, 0.6) is 0 Å². The van der Waals surface area contributed by atoms with E-state index in [1.807, 2.05) is 6.92 Å². The Morgan fingerprint density at radius 2 is 1.89 bits per heavy atom. The molecule has 2 N–H and O–H groups in total. The molecule has 1 aliphatic rings. The SMILES string of the molecule is C[C@@H]1Cc2cc(S(N)(=O)=O)ccc2N1C(=O)COC(=O)c1ccc(Cl)cc1. The largest absolute Gasteiger partial charge is 0.452 e. The summed E-state index contributed by atoms with van der Waals surface area (Å²) < 4.78 is 28.1. The first kappa shape index (κ1) is 19.3. The predicted octanol–water partition coefficient (Wildman–Crippen LogP) is 2.12. The van der Waals surface area contributed by atoms with Crippen molar-refractivity contribution in [1.29, 1.82) is 0 Å². The molecule has 1 atom stereocenters. The van der Waals surface area contributed by atoms with Gasteiger partial charge >= 0.3 is 5.97 Å². The Hall–Kier alpha value is -2.42. The molecule has 142 valence electrons. The summed E-state index contributed by atoms with van der Waals surface area (Å²) in [5, 5.41) is 5.64. The van der Waals surface area contributed by atoms with Gasteiger partial charge in [0.2, 0.25) is 10.0 Å². The van der Waals surface area contributed by atoms with Gasteiger partial charge < -0.3 is 9.64 Å². The fraction of sp³-hybridized carbons (Fsp3) is 0.222. The van der Waals surface area contributed by atoms with Gasteiger partial charge in [0.15, 0.2) is 6.61 Å². The number of nitrogens with zero attached hydrogens (tertiary/aromatic N) is 1. The summed E-state index contributed by atoms with van der Waals surface area (Å²) in [7, 11) is -3.82. The standard InChI is InChI=1S/C18H17ClN2O5S/c1-11-8-13-9-15(27(20,24)25)6-7-16(13)21(11)17(22)10-26-18(23)12-2-4-14(19)5-3-12/h2-7,9,11H,8,10H2,1H3,(H2,20,24,25)/t11-/m1/s1. The lowest BCUT2D eigenvalue weighted by Crippen LogP contribution is -2.38. The monoisotopic (exact) mass is 408 g/mol. The maximum absolute atomic E-state index is 12.6. The second kappa shape index (κ2) is 7.30. The summed E-state index contributed by atoms with van der Waals surface area (Å²) >= 11 is 5.77. The summed E-state index contributed by atoms with van der Waals surface area (Å²) in [5.41, 5.74) is 1.58. The van der Waals surface area contributed by atoms with Crippen molar-refractivity contribution in [2.75, 3.05) is 11.5 Å². The van der Waals surface area contributed by atoms with Crippen LogP contribution in [0.15, 0.2) is 47.4 Å². The van der Waals surface area contributed by atoms with Gasteiger partial charge in [-0.3, -0.25) is 4.79 Å². The number of fused-ring (bicyclic) bond motifs is 1. The van der Waals surface area contributed by atoms with Crippen LogP contribution in [0, 0.1) is 0 Å². The molecule has 7 nitrogen and oxygen atoms in total. The first-order valence-corrected chi connectivity index (χ1v) is 9.99. The number of carbonyl (C=O) groups is 2. The zero-order chi connectivity index (χ0) is 19.8. The molecule has 0 aliphatic carbocycles. The smallest absolute Gasteiger partial charge is 0.338 e. The van der Waals surface area contributed by atoms with E-state index in [-0.39, 0.29) is 10.9 Å². The molecule has 0 unspecified atom stereocenters. The van der Waals surface area contributed by atoms with E-state index in [1.54, 1.807) is 12.1 Å².